The number of hydrogen-bond donors (Lipinski definition) is 1. The Balaban J connectivity index is 2.19. The van der Waals surface area contributed by atoms with Crippen molar-refractivity contribution in [1.29, 1.82) is 0 Å². The Labute approximate surface area is 165 Å². The van der Waals surface area contributed by atoms with Crippen molar-refractivity contribution in [2.45, 2.75) is 71.1 Å². The highest BCUT2D eigenvalue weighted by atomic mass is 16.7. The lowest BCUT2D eigenvalue weighted by molar-refractivity contribution is -0.275. The Morgan fingerprint density at radius 1 is 1.36 bits per heavy atom. The molecule has 2 aliphatic heterocycles. The van der Waals surface area contributed by atoms with Crippen molar-refractivity contribution in [3.05, 3.63) is 11.8 Å². The first kappa shape index (κ1) is 21.8. The number of ether oxygens (including phenoxy) is 4. The van der Waals surface area contributed by atoms with E-state index in [1.165, 1.54) is 13.0 Å². The average Bonchev–Trinajstić information content (AvgIpc) is 2.85. The number of aliphatic hydroxyl groups is 1. The van der Waals surface area contributed by atoms with Crippen molar-refractivity contribution in [3.63, 3.8) is 0 Å². The number of allylic oxidation sites excluding steroid dienone is 1. The van der Waals surface area contributed by atoms with Crippen LogP contribution in [-0.2, 0) is 28.5 Å². The molecule has 152 valence electrons. The van der Waals surface area contributed by atoms with Gasteiger partial charge in [-0.25, -0.2) is 0 Å². The Morgan fingerprint density at radius 3 is 2.68 bits per heavy atom. The van der Waals surface area contributed by atoms with E-state index in [0.29, 0.717) is 6.42 Å². The molecule has 2 heterocycles. The number of hydrogen-bond acceptors (Lipinski definition) is 7. The molecule has 0 aliphatic carbocycles. The van der Waals surface area contributed by atoms with E-state index in [-0.39, 0.29) is 31.1 Å². The van der Waals surface area contributed by atoms with Gasteiger partial charge in [0.15, 0.2) is 18.0 Å². The van der Waals surface area contributed by atoms with E-state index < -0.39 is 36.0 Å². The highest BCUT2D eigenvalue weighted by molar-refractivity contribution is 5.70. The summed E-state index contributed by atoms with van der Waals surface area (Å²) >= 11 is 0. The number of esters is 2. The van der Waals surface area contributed by atoms with Gasteiger partial charge in [0.2, 0.25) is 5.79 Å². The molecule has 7 heteroatoms. The van der Waals surface area contributed by atoms with E-state index in [1.54, 1.807) is 6.92 Å². The van der Waals surface area contributed by atoms with E-state index >= 15 is 0 Å². The second kappa shape index (κ2) is 9.64. The van der Waals surface area contributed by atoms with Gasteiger partial charge >= 0.3 is 11.9 Å². The average molecular weight is 390 g/mol. The molecular formula is C21H26O7. The molecule has 1 N–H and O–H groups in total. The number of carbonyl (C=O) groups is 2. The molecule has 2 saturated heterocycles. The number of aliphatic hydroxyl groups excluding tert-OH is 1. The van der Waals surface area contributed by atoms with Crippen molar-refractivity contribution in [1.82, 2.24) is 0 Å². The third-order valence-corrected chi connectivity index (χ3v) is 4.28. The normalized spacial score (nSPS) is 30.1. The molecule has 0 unspecified atom stereocenters. The Bertz CT molecular complexity index is 736. The number of rotatable bonds is 4. The highest BCUT2D eigenvalue weighted by Gasteiger charge is 2.57. The summed E-state index contributed by atoms with van der Waals surface area (Å²) in [7, 11) is 0. The minimum Gasteiger partial charge on any atom is -0.460 e. The predicted molar refractivity (Wildman–Crippen MR) is 99.2 cm³/mol. The maximum Gasteiger partial charge on any atom is 0.306 e. The monoisotopic (exact) mass is 390 g/mol. The first-order chi connectivity index (χ1) is 13.3. The quantitative estimate of drug-likeness (QED) is 0.577. The second-order valence-electron chi connectivity index (χ2n) is 7.14. The van der Waals surface area contributed by atoms with Crippen LogP contribution in [0.1, 0.15) is 47.0 Å². The van der Waals surface area contributed by atoms with E-state index in [9.17, 15) is 14.7 Å². The SMILES string of the molecule is CC#CC#C/C=C1/O[C@@]2(CC[C@@H](OC(C)=O)CO2)[C@H](O)[C@H]1OC(=O)CC(C)C. The molecule has 7 nitrogen and oxygen atoms in total. The summed E-state index contributed by atoms with van der Waals surface area (Å²) in [6.45, 7) is 6.86. The third-order valence-electron chi connectivity index (χ3n) is 4.28. The molecule has 28 heavy (non-hydrogen) atoms. The summed E-state index contributed by atoms with van der Waals surface area (Å²) in [5.74, 6) is 8.69. The van der Waals surface area contributed by atoms with Crippen LogP contribution in [-0.4, -0.2) is 47.8 Å². The van der Waals surface area contributed by atoms with Crippen molar-refractivity contribution in [3.8, 4) is 23.7 Å². The zero-order chi connectivity index (χ0) is 20.7. The zero-order valence-corrected chi connectivity index (χ0v) is 16.6. The second-order valence-corrected chi connectivity index (χ2v) is 7.14. The molecule has 4 atom stereocenters. The van der Waals surface area contributed by atoms with Gasteiger partial charge in [-0.1, -0.05) is 25.7 Å². The van der Waals surface area contributed by atoms with Crippen LogP contribution in [0.3, 0.4) is 0 Å². The minimum absolute atomic E-state index is 0.0730. The summed E-state index contributed by atoms with van der Waals surface area (Å²) in [6.07, 6.45) is -0.308. The van der Waals surface area contributed by atoms with E-state index in [4.69, 9.17) is 18.9 Å². The van der Waals surface area contributed by atoms with Crippen molar-refractivity contribution in [2.24, 2.45) is 5.92 Å². The van der Waals surface area contributed by atoms with Crippen LogP contribution in [0.4, 0.5) is 0 Å². The summed E-state index contributed by atoms with van der Waals surface area (Å²) < 4.78 is 22.2. The minimum atomic E-state index is -1.37. The van der Waals surface area contributed by atoms with Crippen molar-refractivity contribution in [2.75, 3.05) is 6.61 Å². The topological polar surface area (TPSA) is 91.3 Å². The molecule has 2 rings (SSSR count). The first-order valence-corrected chi connectivity index (χ1v) is 9.27. The fourth-order valence-corrected chi connectivity index (χ4v) is 3.06. The molecule has 1 spiro atoms. The molecule has 0 saturated carbocycles. The van der Waals surface area contributed by atoms with E-state index in [2.05, 4.69) is 23.7 Å². The van der Waals surface area contributed by atoms with Gasteiger partial charge in [0.25, 0.3) is 0 Å². The molecule has 0 aromatic carbocycles. The molecule has 0 aromatic heterocycles. The molecule has 2 aliphatic rings. The van der Waals surface area contributed by atoms with E-state index in [1.807, 2.05) is 13.8 Å². The zero-order valence-electron chi connectivity index (χ0n) is 16.6. The van der Waals surface area contributed by atoms with Crippen molar-refractivity contribution >= 4 is 11.9 Å². The van der Waals surface area contributed by atoms with Crippen LogP contribution < -0.4 is 0 Å². The van der Waals surface area contributed by atoms with Gasteiger partial charge in [-0.2, -0.15) is 0 Å². The predicted octanol–water partition coefficient (Wildman–Crippen LogP) is 1.68. The Hall–Kier alpha value is -2.48. The summed E-state index contributed by atoms with van der Waals surface area (Å²) in [4.78, 5) is 23.3. The van der Waals surface area contributed by atoms with Gasteiger partial charge in [0.05, 0.1) is 6.61 Å². The lowest BCUT2D eigenvalue weighted by Crippen LogP contribution is -2.51. The van der Waals surface area contributed by atoms with Crippen LogP contribution >= 0.6 is 0 Å². The van der Waals surface area contributed by atoms with Crippen molar-refractivity contribution < 1.29 is 33.6 Å². The van der Waals surface area contributed by atoms with E-state index in [0.717, 1.165) is 0 Å². The lowest BCUT2D eigenvalue weighted by Gasteiger charge is -2.37. The Kier molecular flexibility index (Phi) is 7.51. The largest absolute Gasteiger partial charge is 0.460 e. The van der Waals surface area contributed by atoms with Gasteiger partial charge in [-0.05, 0) is 31.1 Å². The van der Waals surface area contributed by atoms with Gasteiger partial charge in [-0.15, -0.1) is 0 Å². The highest BCUT2D eigenvalue weighted by Crippen LogP contribution is 2.42. The lowest BCUT2D eigenvalue weighted by atomic mass is 9.97. The summed E-state index contributed by atoms with van der Waals surface area (Å²) in [6, 6.07) is 0. The molecule has 0 amide bonds. The van der Waals surface area contributed by atoms with Gasteiger partial charge in [0, 0.05) is 25.8 Å². The maximum absolute atomic E-state index is 12.1. The standard InChI is InChI=1S/C21H26O7/c1-5-6-7-8-9-17-19(27-18(23)12-14(2)3)20(24)21(28-17)11-10-16(13-25-21)26-15(4)22/h9,14,16,19-20,24H,10-13H2,1-4H3/b17-9+/t16-,19+,20-,21+/m1/s1. The smallest absolute Gasteiger partial charge is 0.306 e. The summed E-state index contributed by atoms with van der Waals surface area (Å²) in [5, 5.41) is 10.8. The molecule has 2 fully saturated rings. The van der Waals surface area contributed by atoms with Crippen LogP contribution in [0.15, 0.2) is 11.8 Å². The van der Waals surface area contributed by atoms with Gasteiger partial charge < -0.3 is 24.1 Å². The summed E-state index contributed by atoms with van der Waals surface area (Å²) in [5.41, 5.74) is 0. The third kappa shape index (κ3) is 5.51. The first-order valence-electron chi connectivity index (χ1n) is 9.27. The van der Waals surface area contributed by atoms with Crippen LogP contribution in [0.5, 0.6) is 0 Å². The maximum atomic E-state index is 12.1. The number of carbonyl (C=O) groups excluding carboxylic acids is 2. The molecule has 0 bridgehead atoms. The molecular weight excluding hydrogens is 364 g/mol. The van der Waals surface area contributed by atoms with Crippen LogP contribution in [0.2, 0.25) is 0 Å². The van der Waals surface area contributed by atoms with Gasteiger partial charge in [-0.3, -0.25) is 9.59 Å². The van der Waals surface area contributed by atoms with Crippen LogP contribution in [0.25, 0.3) is 0 Å². The van der Waals surface area contributed by atoms with Gasteiger partial charge in [0.1, 0.15) is 6.10 Å². The fourth-order valence-electron chi connectivity index (χ4n) is 3.06. The Morgan fingerprint density at radius 2 is 2.11 bits per heavy atom. The molecule has 0 radical (unpaired) electrons. The molecule has 0 aromatic rings. The van der Waals surface area contributed by atoms with Crippen LogP contribution in [0, 0.1) is 29.6 Å². The fraction of sp³-hybridized carbons (Fsp3) is 0.619.